The first-order valence-electron chi connectivity index (χ1n) is 10.9. The summed E-state index contributed by atoms with van der Waals surface area (Å²) in [5, 5.41) is 10.9. The second-order valence-electron chi connectivity index (χ2n) is 9.57. The van der Waals surface area contributed by atoms with Gasteiger partial charge in [0.05, 0.1) is 12.6 Å². The zero-order valence-electron chi connectivity index (χ0n) is 18.7. The Morgan fingerprint density at radius 2 is 1.87 bits per heavy atom. The molecule has 4 saturated heterocycles. The average molecular weight is 440 g/mol. The van der Waals surface area contributed by atoms with Crippen molar-refractivity contribution in [3.05, 3.63) is 35.4 Å². The van der Waals surface area contributed by atoms with Crippen LogP contribution < -0.4 is 34.7 Å². The number of carbonyl (C=O) groups excluding carboxylic acids is 1. The number of rotatable bonds is 4. The van der Waals surface area contributed by atoms with Gasteiger partial charge in [0.25, 0.3) is 0 Å². The fourth-order valence-corrected chi connectivity index (χ4v) is 5.98. The van der Waals surface area contributed by atoms with Gasteiger partial charge in [-0.2, -0.15) is 0 Å². The predicted molar refractivity (Wildman–Crippen MR) is 102 cm³/mol. The molecule has 1 saturated carbocycles. The Balaban J connectivity index is 0.00000231. The molecule has 5 aliphatic rings. The van der Waals surface area contributed by atoms with E-state index < -0.39 is 29.9 Å². The smallest absolute Gasteiger partial charge is 0.545 e. The molecule has 0 unspecified atom stereocenters. The number of hydrogen-bond acceptors (Lipinski definition) is 7. The van der Waals surface area contributed by atoms with Crippen molar-refractivity contribution in [1.29, 1.82) is 0 Å². The maximum atomic E-state index is 10.9. The molecule has 6 rings (SSSR count). The molecule has 4 heterocycles. The molecule has 7 nitrogen and oxygen atoms in total. The zero-order valence-corrected chi connectivity index (χ0v) is 20.7. The Morgan fingerprint density at radius 1 is 1.13 bits per heavy atom. The summed E-state index contributed by atoms with van der Waals surface area (Å²) in [5.74, 6) is -0.824. The monoisotopic (exact) mass is 440 g/mol. The third kappa shape index (κ3) is 3.91. The minimum atomic E-state index is -1.19. The summed E-state index contributed by atoms with van der Waals surface area (Å²) in [6, 6.07) is 6.53. The molecular formula is C23H29NaO7. The molecule has 1 aliphatic carbocycles. The molecular weight excluding hydrogens is 411 g/mol. The molecule has 0 aromatic heterocycles. The van der Waals surface area contributed by atoms with Crippen LogP contribution in [0, 0.1) is 23.7 Å². The van der Waals surface area contributed by atoms with Gasteiger partial charge in [-0.15, -0.1) is 0 Å². The molecule has 5 fully saturated rings. The second kappa shape index (κ2) is 8.69. The zero-order chi connectivity index (χ0) is 21.1. The van der Waals surface area contributed by atoms with Gasteiger partial charge in [-0.25, -0.2) is 9.78 Å². The van der Waals surface area contributed by atoms with Crippen molar-refractivity contribution in [3.63, 3.8) is 0 Å². The maximum Gasteiger partial charge on any atom is 1.00 e. The van der Waals surface area contributed by atoms with Crippen molar-refractivity contribution in [2.24, 2.45) is 23.7 Å². The van der Waals surface area contributed by atoms with E-state index in [4.69, 9.17) is 24.0 Å². The first-order chi connectivity index (χ1) is 14.3. The summed E-state index contributed by atoms with van der Waals surface area (Å²) < 4.78 is 18.9. The molecule has 1 aromatic rings. The number of aromatic carboxylic acids is 1. The van der Waals surface area contributed by atoms with E-state index in [1.165, 1.54) is 12.1 Å². The van der Waals surface area contributed by atoms with Crippen LogP contribution in [0.15, 0.2) is 24.3 Å². The van der Waals surface area contributed by atoms with Gasteiger partial charge in [-0.3, -0.25) is 0 Å². The van der Waals surface area contributed by atoms with Crippen molar-refractivity contribution in [2.45, 2.75) is 77.0 Å². The Bertz CT molecular complexity index is 817. The molecule has 1 aromatic carbocycles. The SMILES string of the molecule is C[C@H]1[C@H](OCc2ccc(C(=O)[O-])cc2)O[C@@H]2O[C@@]3(C)CC[C@H]4[C@H](C)CC[C@@H]1[C@@]24OO3.[Na+]. The summed E-state index contributed by atoms with van der Waals surface area (Å²) in [6.07, 6.45) is 2.97. The van der Waals surface area contributed by atoms with Crippen LogP contribution in [0.2, 0.25) is 0 Å². The summed E-state index contributed by atoms with van der Waals surface area (Å²) in [6.45, 7) is 6.67. The first kappa shape index (κ1) is 23.6. The Kier molecular flexibility index (Phi) is 6.63. The van der Waals surface area contributed by atoms with Gasteiger partial charge < -0.3 is 24.1 Å². The van der Waals surface area contributed by atoms with Crippen LogP contribution in [-0.4, -0.2) is 29.9 Å². The molecule has 8 heteroatoms. The van der Waals surface area contributed by atoms with Gasteiger partial charge in [0.15, 0.2) is 18.2 Å². The molecule has 2 bridgehead atoms. The van der Waals surface area contributed by atoms with E-state index in [1.807, 2.05) is 6.92 Å². The predicted octanol–water partition coefficient (Wildman–Crippen LogP) is -0.221. The van der Waals surface area contributed by atoms with E-state index in [2.05, 4.69) is 13.8 Å². The van der Waals surface area contributed by atoms with Crippen LogP contribution in [0.3, 0.4) is 0 Å². The van der Waals surface area contributed by atoms with Crippen LogP contribution >= 0.6 is 0 Å². The second-order valence-corrected chi connectivity index (χ2v) is 9.57. The average Bonchev–Trinajstić information content (AvgIpc) is 2.96. The van der Waals surface area contributed by atoms with Gasteiger partial charge >= 0.3 is 29.6 Å². The van der Waals surface area contributed by atoms with Gasteiger partial charge in [-0.1, -0.05) is 38.1 Å². The number of carboxylic acid groups (broad SMARTS) is 1. The molecule has 0 N–H and O–H groups in total. The number of carbonyl (C=O) groups is 1. The molecule has 164 valence electrons. The number of fused-ring (bicyclic) bond motifs is 2. The number of benzene rings is 1. The van der Waals surface area contributed by atoms with Crippen LogP contribution in [-0.2, 0) is 30.6 Å². The van der Waals surface area contributed by atoms with Crippen molar-refractivity contribution < 1.29 is 63.4 Å². The molecule has 1 spiro atoms. The van der Waals surface area contributed by atoms with Gasteiger partial charge in [0.2, 0.25) is 5.79 Å². The third-order valence-corrected chi connectivity index (χ3v) is 7.70. The fraction of sp³-hybridized carbons (Fsp3) is 0.696. The quantitative estimate of drug-likeness (QED) is 0.473. The Hall–Kier alpha value is -0.510. The summed E-state index contributed by atoms with van der Waals surface area (Å²) >= 11 is 0. The summed E-state index contributed by atoms with van der Waals surface area (Å²) in [4.78, 5) is 22.9. The normalized spacial score (nSPS) is 43.5. The minimum Gasteiger partial charge on any atom is -0.545 e. The summed E-state index contributed by atoms with van der Waals surface area (Å²) in [7, 11) is 0. The van der Waals surface area contributed by atoms with Crippen molar-refractivity contribution >= 4 is 5.97 Å². The Morgan fingerprint density at radius 3 is 2.58 bits per heavy atom. The number of ether oxygens (including phenoxy) is 3. The van der Waals surface area contributed by atoms with Crippen molar-refractivity contribution in [1.82, 2.24) is 0 Å². The topological polar surface area (TPSA) is 86.3 Å². The van der Waals surface area contributed by atoms with Crippen LogP contribution in [0.1, 0.15) is 62.4 Å². The Labute approximate surface area is 204 Å². The molecule has 4 aliphatic heterocycles. The van der Waals surface area contributed by atoms with Crippen molar-refractivity contribution in [2.75, 3.05) is 0 Å². The number of hydrogen-bond donors (Lipinski definition) is 0. The minimum absolute atomic E-state index is 0. The van der Waals surface area contributed by atoms with Crippen LogP contribution in [0.5, 0.6) is 0 Å². The van der Waals surface area contributed by atoms with E-state index in [0.717, 1.165) is 31.2 Å². The van der Waals surface area contributed by atoms with Gasteiger partial charge in [-0.05, 0) is 49.1 Å². The van der Waals surface area contributed by atoms with E-state index in [0.29, 0.717) is 18.4 Å². The number of carboxylic acids is 1. The van der Waals surface area contributed by atoms with E-state index in [9.17, 15) is 9.90 Å². The first-order valence-corrected chi connectivity index (χ1v) is 10.9. The van der Waals surface area contributed by atoms with E-state index in [1.54, 1.807) is 12.1 Å². The van der Waals surface area contributed by atoms with Gasteiger partial charge in [0.1, 0.15) is 0 Å². The molecule has 0 amide bonds. The molecule has 0 radical (unpaired) electrons. The van der Waals surface area contributed by atoms with E-state index in [-0.39, 0.29) is 47.0 Å². The van der Waals surface area contributed by atoms with Crippen molar-refractivity contribution in [3.8, 4) is 0 Å². The summed E-state index contributed by atoms with van der Waals surface area (Å²) in [5.41, 5.74) is 0.433. The maximum absolute atomic E-state index is 10.9. The largest absolute Gasteiger partial charge is 1.00 e. The fourth-order valence-electron chi connectivity index (χ4n) is 5.98. The van der Waals surface area contributed by atoms with Gasteiger partial charge in [0, 0.05) is 18.3 Å². The van der Waals surface area contributed by atoms with Crippen LogP contribution in [0.4, 0.5) is 0 Å². The standard InChI is InChI=1S/C23H30O7.Na/c1-13-4-9-18-14(2)20(26-12-15-5-7-16(8-6-15)19(24)25)27-21-23(18)17(13)10-11-22(3,28-21)29-30-23;/h5-8,13-14,17-18,20-21H,4,9-12H2,1-3H3,(H,24,25);/q;+1/p-1/t13-,14-,17+,18+,20-,21-,22-,23-;/m1./s1. The third-order valence-electron chi connectivity index (χ3n) is 7.70. The van der Waals surface area contributed by atoms with E-state index >= 15 is 0 Å². The van der Waals surface area contributed by atoms with Crippen LogP contribution in [0.25, 0.3) is 0 Å². The molecule has 31 heavy (non-hydrogen) atoms. The molecule has 8 atom stereocenters.